The zero-order chi connectivity index (χ0) is 34.4. The van der Waals surface area contributed by atoms with Gasteiger partial charge in [0.05, 0.1) is 24.9 Å². The molecule has 0 spiro atoms. The minimum Gasteiger partial charge on any atom is -0.392 e. The number of rotatable bonds is 11. The van der Waals surface area contributed by atoms with Gasteiger partial charge in [0.1, 0.15) is 0 Å². The third-order valence-corrected chi connectivity index (χ3v) is 9.55. The Balaban J connectivity index is 1.35. The molecule has 7 nitrogen and oxygen atoms in total. The molecule has 6 atom stereocenters. The number of carbonyl (C=O) groups excluding carboxylic acids is 1. The van der Waals surface area contributed by atoms with E-state index in [4.69, 9.17) is 44.3 Å². The van der Waals surface area contributed by atoms with E-state index in [0.29, 0.717) is 6.54 Å². The second-order valence-electron chi connectivity index (χ2n) is 12.4. The van der Waals surface area contributed by atoms with E-state index in [1.54, 1.807) is 0 Å². The van der Waals surface area contributed by atoms with Gasteiger partial charge in [0.2, 0.25) is 0 Å². The van der Waals surface area contributed by atoms with E-state index in [2.05, 4.69) is 17.1 Å². The van der Waals surface area contributed by atoms with Crippen molar-refractivity contribution in [2.24, 2.45) is 5.92 Å². The van der Waals surface area contributed by atoms with Crippen LogP contribution in [0.4, 0.5) is 0 Å². The molecule has 1 saturated heterocycles. The van der Waals surface area contributed by atoms with Gasteiger partial charge in [0, 0.05) is 30.6 Å². The van der Waals surface area contributed by atoms with Crippen LogP contribution in [0.1, 0.15) is 60.2 Å². The summed E-state index contributed by atoms with van der Waals surface area (Å²) in [5.41, 5.74) is 6.40. The first-order chi connectivity index (χ1) is 22.9. The van der Waals surface area contributed by atoms with Crippen molar-refractivity contribution in [3.8, 4) is 11.1 Å². The topological polar surface area (TPSA) is 91.3 Å². The fourth-order valence-electron chi connectivity index (χ4n) is 5.92. The number of aliphatic hydroxyl groups excluding tert-OH is 2. The maximum atomic E-state index is 12.0. The average Bonchev–Trinajstić information content (AvgIpc) is 3.11. The third kappa shape index (κ3) is 8.97. The van der Waals surface area contributed by atoms with E-state index >= 15 is 0 Å². The Morgan fingerprint density at radius 1 is 0.875 bits per heavy atom. The molecular weight excluding hydrogens is 671 g/mol. The van der Waals surface area contributed by atoms with Crippen LogP contribution >= 0.6 is 34.8 Å². The van der Waals surface area contributed by atoms with Crippen LogP contribution in [0.3, 0.4) is 0 Å². The first-order valence-corrected chi connectivity index (χ1v) is 17.1. The highest BCUT2D eigenvalue weighted by Crippen LogP contribution is 2.42. The lowest BCUT2D eigenvalue weighted by Gasteiger charge is -2.43. The van der Waals surface area contributed by atoms with Crippen LogP contribution in [0, 0.1) is 5.92 Å². The number of carbonyl (C=O) groups is 1. The number of amides is 1. The van der Waals surface area contributed by atoms with Gasteiger partial charge < -0.3 is 25.0 Å². The van der Waals surface area contributed by atoms with Crippen molar-refractivity contribution >= 4 is 40.7 Å². The van der Waals surface area contributed by atoms with Crippen LogP contribution in [-0.4, -0.2) is 50.6 Å². The maximum Gasteiger partial charge on any atom is 0.272 e. The quantitative estimate of drug-likeness (QED) is 0.138. The molecule has 1 aliphatic heterocycles. The lowest BCUT2D eigenvalue weighted by atomic mass is 9.89. The largest absolute Gasteiger partial charge is 0.392 e. The van der Waals surface area contributed by atoms with Crippen molar-refractivity contribution in [3.05, 3.63) is 131 Å². The predicted molar refractivity (Wildman–Crippen MR) is 190 cm³/mol. The molecule has 48 heavy (non-hydrogen) atoms. The number of likely N-dealkylation sites (N-methyl/N-ethyl adjacent to an activating group) is 1. The molecule has 0 bridgehead atoms. The van der Waals surface area contributed by atoms with Gasteiger partial charge in [0.15, 0.2) is 6.29 Å². The molecular formula is C38H41Cl3N2O5. The maximum absolute atomic E-state index is 12.0. The highest BCUT2D eigenvalue weighted by Gasteiger charge is 2.39. The zero-order valence-corrected chi connectivity index (χ0v) is 29.4. The Morgan fingerprint density at radius 3 is 2.19 bits per heavy atom. The number of hydrogen-bond donors (Lipinski definition) is 3. The van der Waals surface area contributed by atoms with Crippen LogP contribution in [0.15, 0.2) is 103 Å². The van der Waals surface area contributed by atoms with E-state index in [9.17, 15) is 15.0 Å². The fourth-order valence-corrected chi connectivity index (χ4v) is 6.12. The molecule has 254 valence electrons. The number of ether oxygens (including phenoxy) is 2. The van der Waals surface area contributed by atoms with E-state index < -0.39 is 22.1 Å². The molecule has 5 rings (SSSR count). The summed E-state index contributed by atoms with van der Waals surface area (Å²) in [4.78, 5) is 14.1. The normalized spacial score (nSPS) is 21.1. The highest BCUT2D eigenvalue weighted by molar-refractivity contribution is 6.76. The van der Waals surface area contributed by atoms with Gasteiger partial charge in [0.25, 0.3) is 9.70 Å². The number of aliphatic hydroxyl groups is 2. The molecule has 0 unspecified atom stereocenters. The van der Waals surface area contributed by atoms with Gasteiger partial charge in [-0.2, -0.15) is 0 Å². The minimum atomic E-state index is -2.02. The van der Waals surface area contributed by atoms with Gasteiger partial charge >= 0.3 is 0 Å². The van der Waals surface area contributed by atoms with Crippen molar-refractivity contribution < 1.29 is 24.5 Å². The Hall–Kier alpha value is -2.98. The fraction of sp³-hybridized carbons (Fsp3) is 0.342. The van der Waals surface area contributed by atoms with E-state index in [-0.39, 0.29) is 37.3 Å². The van der Waals surface area contributed by atoms with E-state index in [1.807, 2.05) is 117 Å². The molecule has 0 saturated carbocycles. The monoisotopic (exact) mass is 710 g/mol. The summed E-state index contributed by atoms with van der Waals surface area (Å²) < 4.78 is 11.3. The van der Waals surface area contributed by atoms with Crippen LogP contribution in [-0.2, 0) is 27.4 Å². The number of hydrogen-bond acceptors (Lipinski definition) is 6. The van der Waals surface area contributed by atoms with Crippen LogP contribution in [0.2, 0.25) is 0 Å². The standard InChI is InChI=1S/C38H41Cl3N2O5/c1-24-33(22-43(3)25(2)34(45)29-9-5-4-6-10-29)47-36(48-35(24)30-14-12-26(23-44)13-15-30)31-18-16-28(17-19-31)32-11-7-8-27(20-32)21-42-37(46)38(39,40)41/h4-20,24-25,33-36,44-45H,21-23H2,1-3H3,(H,42,46)/t24-,25-,33+,34-,35+,36+/m0/s1. The zero-order valence-electron chi connectivity index (χ0n) is 27.1. The number of nitrogens with one attached hydrogen (secondary N) is 1. The Bertz CT molecular complexity index is 1630. The summed E-state index contributed by atoms with van der Waals surface area (Å²) in [6.07, 6.45) is -1.75. The highest BCUT2D eigenvalue weighted by atomic mass is 35.6. The molecule has 4 aromatic rings. The van der Waals surface area contributed by atoms with Crippen molar-refractivity contribution in [2.75, 3.05) is 13.6 Å². The summed E-state index contributed by atoms with van der Waals surface area (Å²) >= 11 is 17.0. The van der Waals surface area contributed by atoms with Gasteiger partial charge in [-0.25, -0.2) is 0 Å². The summed E-state index contributed by atoms with van der Waals surface area (Å²) in [6.45, 7) is 4.92. The lowest BCUT2D eigenvalue weighted by molar-refractivity contribution is -0.276. The summed E-state index contributed by atoms with van der Waals surface area (Å²) in [5, 5.41) is 23.4. The van der Waals surface area contributed by atoms with Crippen LogP contribution in [0.5, 0.6) is 0 Å². The van der Waals surface area contributed by atoms with Crippen molar-refractivity contribution in [1.29, 1.82) is 0 Å². The lowest BCUT2D eigenvalue weighted by Crippen LogP contribution is -2.46. The summed E-state index contributed by atoms with van der Waals surface area (Å²) in [6, 6.07) is 33.2. The molecule has 10 heteroatoms. The third-order valence-electron chi connectivity index (χ3n) is 9.04. The molecule has 3 N–H and O–H groups in total. The van der Waals surface area contributed by atoms with E-state index in [0.717, 1.165) is 38.9 Å². The molecule has 1 aliphatic rings. The van der Waals surface area contributed by atoms with Gasteiger partial charge in [-0.15, -0.1) is 0 Å². The molecule has 1 amide bonds. The molecule has 0 aromatic heterocycles. The number of benzene rings is 4. The summed E-state index contributed by atoms with van der Waals surface area (Å²) in [7, 11) is 2.01. The summed E-state index contributed by atoms with van der Waals surface area (Å²) in [5.74, 6) is -0.688. The average molecular weight is 712 g/mol. The SMILES string of the molecule is C[C@H]1[C@@H](CN(C)[C@@H](C)[C@H](O)c2ccccc2)O[C@@H](c2ccc(-c3cccc(CNC(=O)C(Cl)(Cl)Cl)c3)cc2)O[C@H]1c1ccc(CO)cc1. The van der Waals surface area contributed by atoms with E-state index in [1.165, 1.54) is 0 Å². The number of alkyl halides is 3. The second-order valence-corrected chi connectivity index (χ2v) is 14.6. The Labute approximate surface area is 297 Å². The van der Waals surface area contributed by atoms with Crippen molar-refractivity contribution in [1.82, 2.24) is 10.2 Å². The first kappa shape index (κ1) is 36.3. The Morgan fingerprint density at radius 2 is 1.54 bits per heavy atom. The molecule has 1 heterocycles. The molecule has 4 aromatic carbocycles. The van der Waals surface area contributed by atoms with Crippen molar-refractivity contribution in [2.45, 2.75) is 61.4 Å². The van der Waals surface area contributed by atoms with Gasteiger partial charge in [-0.05, 0) is 53.4 Å². The molecule has 1 fully saturated rings. The Kier molecular flexibility index (Phi) is 12.2. The predicted octanol–water partition coefficient (Wildman–Crippen LogP) is 7.68. The van der Waals surface area contributed by atoms with Crippen LogP contribution in [0.25, 0.3) is 11.1 Å². The van der Waals surface area contributed by atoms with Crippen LogP contribution < -0.4 is 5.32 Å². The molecule has 0 aliphatic carbocycles. The minimum absolute atomic E-state index is 0.00573. The number of halogens is 3. The van der Waals surface area contributed by atoms with Gasteiger partial charge in [-0.1, -0.05) is 139 Å². The number of nitrogens with zero attached hydrogens (tertiary/aromatic N) is 1. The van der Waals surface area contributed by atoms with Crippen molar-refractivity contribution in [3.63, 3.8) is 0 Å². The second kappa shape index (κ2) is 16.2. The first-order valence-electron chi connectivity index (χ1n) is 15.9. The molecule has 0 radical (unpaired) electrons. The smallest absolute Gasteiger partial charge is 0.272 e. The van der Waals surface area contributed by atoms with Gasteiger partial charge in [-0.3, -0.25) is 9.69 Å².